The molecule has 4 nitrogen and oxygen atoms in total. The van der Waals surface area contributed by atoms with Crippen LogP contribution in [0.2, 0.25) is 0 Å². The molecule has 182 valence electrons. The molecule has 0 saturated carbocycles. The molecule has 0 aliphatic carbocycles. The van der Waals surface area contributed by atoms with E-state index in [0.717, 1.165) is 44.8 Å². The zero-order valence-electron chi connectivity index (χ0n) is 20.6. The minimum absolute atomic E-state index is 0.256. The van der Waals surface area contributed by atoms with Crippen molar-refractivity contribution in [2.45, 2.75) is 0 Å². The Balaban J connectivity index is 1.25. The third-order valence-electron chi connectivity index (χ3n) is 6.71. The molecule has 0 saturated heterocycles. The fourth-order valence-corrected chi connectivity index (χ4v) is 4.64. The van der Waals surface area contributed by atoms with Gasteiger partial charge in [0.1, 0.15) is 11.5 Å². The number of pyridine rings is 2. The number of nitrogens with zero attached hydrogens (tertiary/aromatic N) is 2. The Morgan fingerprint density at radius 3 is 1.58 bits per heavy atom. The number of phenols is 1. The lowest BCUT2D eigenvalue weighted by molar-refractivity contribution is -0.595. The summed E-state index contributed by atoms with van der Waals surface area (Å²) in [7, 11) is 0. The third kappa shape index (κ3) is 4.63. The van der Waals surface area contributed by atoms with Crippen LogP contribution in [0.5, 0.6) is 11.5 Å². The molecule has 38 heavy (non-hydrogen) atoms. The van der Waals surface area contributed by atoms with E-state index in [4.69, 9.17) is 0 Å². The lowest BCUT2D eigenvalue weighted by Crippen LogP contribution is -2.29. The van der Waals surface area contributed by atoms with Crippen LogP contribution in [0.25, 0.3) is 44.8 Å². The zero-order valence-corrected chi connectivity index (χ0v) is 20.6. The van der Waals surface area contributed by atoms with Gasteiger partial charge in [0.25, 0.3) is 0 Å². The van der Waals surface area contributed by atoms with E-state index in [-0.39, 0.29) is 11.5 Å². The molecule has 2 heterocycles. The van der Waals surface area contributed by atoms with Crippen LogP contribution in [-0.2, 0) is 0 Å². The molecule has 0 fully saturated rings. The Bertz CT molecular complexity index is 1570. The van der Waals surface area contributed by atoms with Crippen molar-refractivity contribution in [2.24, 2.45) is 0 Å². The van der Waals surface area contributed by atoms with Gasteiger partial charge in [0.2, 0.25) is 11.4 Å². The number of aromatic nitrogens is 2. The topological polar surface area (TPSA) is 48.2 Å². The SMILES string of the molecule is Oc1ccc(-[n+]2ccc(-c3ccc(-[n+]4ccc(O)c(-c5ccccc5)c4)cc3)cc2)cc1-c1ccccc1. The first-order valence-electron chi connectivity index (χ1n) is 12.5. The van der Waals surface area contributed by atoms with Gasteiger partial charge in [0.15, 0.2) is 24.8 Å². The lowest BCUT2D eigenvalue weighted by Gasteiger charge is -2.06. The van der Waals surface area contributed by atoms with Gasteiger partial charge in [-0.2, -0.15) is 9.13 Å². The molecule has 0 atom stereocenters. The van der Waals surface area contributed by atoms with Crippen LogP contribution in [0.4, 0.5) is 0 Å². The highest BCUT2D eigenvalue weighted by molar-refractivity contribution is 5.72. The van der Waals surface area contributed by atoms with Crippen molar-refractivity contribution in [3.8, 4) is 56.3 Å². The summed E-state index contributed by atoms with van der Waals surface area (Å²) in [6, 6.07) is 39.7. The number of hydrogen-bond acceptors (Lipinski definition) is 2. The minimum Gasteiger partial charge on any atom is -0.507 e. The number of hydrogen-bond donors (Lipinski definition) is 2. The summed E-state index contributed by atoms with van der Waals surface area (Å²) in [5.74, 6) is 0.519. The first kappa shape index (κ1) is 23.2. The number of phenolic OH excluding ortho intramolecular Hbond substituents is 1. The van der Waals surface area contributed by atoms with Gasteiger partial charge < -0.3 is 10.2 Å². The molecule has 0 radical (unpaired) electrons. The van der Waals surface area contributed by atoms with Crippen molar-refractivity contribution in [1.29, 1.82) is 0 Å². The average molecular weight is 495 g/mol. The van der Waals surface area contributed by atoms with Crippen LogP contribution in [0, 0.1) is 0 Å². The van der Waals surface area contributed by atoms with E-state index in [0.29, 0.717) is 0 Å². The number of benzene rings is 4. The Morgan fingerprint density at radius 2 is 0.921 bits per heavy atom. The molecule has 2 N–H and O–H groups in total. The van der Waals surface area contributed by atoms with Crippen LogP contribution in [-0.4, -0.2) is 10.2 Å². The molecule has 6 rings (SSSR count). The fraction of sp³-hybridized carbons (Fsp3) is 0. The molecule has 2 aromatic heterocycles. The van der Waals surface area contributed by atoms with Gasteiger partial charge in [0.05, 0.1) is 5.56 Å². The lowest BCUT2D eigenvalue weighted by atomic mass is 10.0. The molecule has 0 aliphatic rings. The normalized spacial score (nSPS) is 10.8. The average Bonchev–Trinajstić information content (AvgIpc) is 2.99. The quantitative estimate of drug-likeness (QED) is 0.264. The summed E-state index contributed by atoms with van der Waals surface area (Å²) in [5, 5.41) is 20.8. The highest BCUT2D eigenvalue weighted by Gasteiger charge is 2.15. The second-order valence-electron chi connectivity index (χ2n) is 9.13. The maximum atomic E-state index is 10.4. The summed E-state index contributed by atoms with van der Waals surface area (Å²) in [6.07, 6.45) is 7.88. The van der Waals surface area contributed by atoms with Gasteiger partial charge >= 0.3 is 0 Å². The van der Waals surface area contributed by atoms with Gasteiger partial charge in [0, 0.05) is 48.0 Å². The van der Waals surface area contributed by atoms with E-state index in [1.807, 2.05) is 107 Å². The largest absolute Gasteiger partial charge is 0.507 e. The number of aromatic hydroxyl groups is 2. The van der Waals surface area contributed by atoms with Gasteiger partial charge in [-0.15, -0.1) is 0 Å². The van der Waals surface area contributed by atoms with Crippen molar-refractivity contribution < 1.29 is 19.3 Å². The Labute approximate surface area is 221 Å². The highest BCUT2D eigenvalue weighted by Crippen LogP contribution is 2.30. The molecule has 0 bridgehead atoms. The number of rotatable bonds is 5. The Kier molecular flexibility index (Phi) is 6.12. The van der Waals surface area contributed by atoms with Gasteiger partial charge in [-0.3, -0.25) is 0 Å². The van der Waals surface area contributed by atoms with Crippen molar-refractivity contribution in [2.75, 3.05) is 0 Å². The summed E-state index contributed by atoms with van der Waals surface area (Å²) in [4.78, 5) is 0. The van der Waals surface area contributed by atoms with E-state index in [9.17, 15) is 10.2 Å². The predicted octanol–water partition coefficient (Wildman–Crippen LogP) is 6.65. The predicted molar refractivity (Wildman–Crippen MR) is 149 cm³/mol. The van der Waals surface area contributed by atoms with Gasteiger partial charge in [-0.05, 0) is 40.5 Å². The van der Waals surface area contributed by atoms with E-state index in [2.05, 4.69) is 36.4 Å². The van der Waals surface area contributed by atoms with Crippen LogP contribution < -0.4 is 9.13 Å². The summed E-state index contributed by atoms with van der Waals surface area (Å²) < 4.78 is 4.06. The second kappa shape index (κ2) is 10.0. The second-order valence-corrected chi connectivity index (χ2v) is 9.13. The monoisotopic (exact) mass is 494 g/mol. The molecule has 0 unspecified atom stereocenters. The van der Waals surface area contributed by atoms with Crippen LogP contribution in [0.15, 0.2) is 146 Å². The molecule has 4 aromatic carbocycles. The maximum absolute atomic E-state index is 10.4. The smallest absolute Gasteiger partial charge is 0.211 e. The van der Waals surface area contributed by atoms with E-state index < -0.39 is 0 Å². The zero-order chi connectivity index (χ0) is 25.9. The van der Waals surface area contributed by atoms with E-state index >= 15 is 0 Å². The molecular weight excluding hydrogens is 468 g/mol. The van der Waals surface area contributed by atoms with Crippen molar-refractivity contribution in [3.63, 3.8) is 0 Å². The first-order chi connectivity index (χ1) is 18.7. The molecule has 0 spiro atoms. The van der Waals surface area contributed by atoms with Gasteiger partial charge in [-0.25, -0.2) is 0 Å². The molecule has 0 amide bonds. The Hall–Kier alpha value is -5.22. The fourth-order valence-electron chi connectivity index (χ4n) is 4.64. The Morgan fingerprint density at radius 1 is 0.395 bits per heavy atom. The van der Waals surface area contributed by atoms with E-state index in [1.165, 1.54) is 0 Å². The molecular formula is C34H26N2O2+2. The highest BCUT2D eigenvalue weighted by atomic mass is 16.3. The van der Waals surface area contributed by atoms with Gasteiger partial charge in [-0.1, -0.05) is 60.7 Å². The summed E-state index contributed by atoms with van der Waals surface area (Å²) in [5.41, 5.74) is 7.74. The third-order valence-corrected chi connectivity index (χ3v) is 6.71. The minimum atomic E-state index is 0.256. The van der Waals surface area contributed by atoms with Crippen LogP contribution in [0.3, 0.4) is 0 Å². The summed E-state index contributed by atoms with van der Waals surface area (Å²) >= 11 is 0. The van der Waals surface area contributed by atoms with E-state index in [1.54, 1.807) is 12.1 Å². The van der Waals surface area contributed by atoms with Crippen molar-refractivity contribution in [3.05, 3.63) is 146 Å². The standard InChI is InChI=1S/C34H24N2O2/c37-33-16-15-30(23-31(33)27-7-3-1-4-8-27)35-20-17-26(18-21-35)25-11-13-29(14-12-25)36-22-19-34(38)32(24-36)28-9-5-2-6-10-28/h1-24H/p+2. The first-order valence-corrected chi connectivity index (χ1v) is 12.5. The maximum Gasteiger partial charge on any atom is 0.211 e. The molecule has 4 heteroatoms. The van der Waals surface area contributed by atoms with Crippen molar-refractivity contribution >= 4 is 0 Å². The van der Waals surface area contributed by atoms with Crippen LogP contribution >= 0.6 is 0 Å². The van der Waals surface area contributed by atoms with Crippen molar-refractivity contribution in [1.82, 2.24) is 0 Å². The van der Waals surface area contributed by atoms with Crippen LogP contribution in [0.1, 0.15) is 0 Å². The molecule has 6 aromatic rings. The summed E-state index contributed by atoms with van der Waals surface area (Å²) in [6.45, 7) is 0. The molecule has 0 aliphatic heterocycles.